The van der Waals surface area contributed by atoms with Crippen molar-refractivity contribution in [2.24, 2.45) is 5.92 Å². The van der Waals surface area contributed by atoms with Crippen molar-refractivity contribution in [1.82, 2.24) is 15.3 Å². The molecule has 1 fully saturated rings. The number of rotatable bonds is 5. The molecule has 1 aliphatic heterocycles. The quantitative estimate of drug-likeness (QED) is 0.717. The van der Waals surface area contributed by atoms with Crippen molar-refractivity contribution >= 4 is 28.6 Å². The van der Waals surface area contributed by atoms with E-state index in [9.17, 15) is 4.79 Å². The number of carbonyl (C=O) groups excluding carboxylic acids is 1. The smallest absolute Gasteiger partial charge is 0.223 e. The Morgan fingerprint density at radius 3 is 2.54 bits per heavy atom. The first-order chi connectivity index (χ1) is 13.6. The Balaban J connectivity index is 1.28. The number of hydrogen-bond acceptors (Lipinski definition) is 4. The Bertz CT molecular complexity index is 906. The number of fused-ring (bicyclic) bond motifs is 1. The first-order valence-corrected chi connectivity index (χ1v) is 9.84. The van der Waals surface area contributed by atoms with E-state index in [4.69, 9.17) is 0 Å². The number of piperidine rings is 1. The van der Waals surface area contributed by atoms with Crippen molar-refractivity contribution in [2.45, 2.75) is 19.4 Å². The van der Waals surface area contributed by atoms with E-state index in [1.807, 2.05) is 38.4 Å². The van der Waals surface area contributed by atoms with Crippen molar-refractivity contribution < 1.29 is 4.79 Å². The summed E-state index contributed by atoms with van der Waals surface area (Å²) < 4.78 is 0. The van der Waals surface area contributed by atoms with Gasteiger partial charge in [0, 0.05) is 45.3 Å². The van der Waals surface area contributed by atoms with Crippen LogP contribution in [0, 0.1) is 5.92 Å². The maximum Gasteiger partial charge on any atom is 0.223 e. The van der Waals surface area contributed by atoms with Gasteiger partial charge in [-0.3, -0.25) is 4.79 Å². The van der Waals surface area contributed by atoms with Crippen LogP contribution in [0.5, 0.6) is 0 Å². The third kappa shape index (κ3) is 3.96. The van der Waals surface area contributed by atoms with Gasteiger partial charge in [0.05, 0.1) is 11.0 Å². The minimum absolute atomic E-state index is 0.0710. The fraction of sp³-hybridized carbons (Fsp3) is 0.364. The van der Waals surface area contributed by atoms with Gasteiger partial charge in [-0.1, -0.05) is 24.3 Å². The number of amides is 1. The number of aromatic amines is 1. The number of nitrogens with one attached hydrogen (secondary N) is 2. The molecule has 0 radical (unpaired) electrons. The summed E-state index contributed by atoms with van der Waals surface area (Å²) >= 11 is 0. The summed E-state index contributed by atoms with van der Waals surface area (Å²) in [6.45, 7) is 2.27. The highest BCUT2D eigenvalue weighted by molar-refractivity contribution is 5.79. The summed E-state index contributed by atoms with van der Waals surface area (Å²) in [6, 6.07) is 16.4. The van der Waals surface area contributed by atoms with Crippen molar-refractivity contribution in [3.8, 4) is 0 Å². The van der Waals surface area contributed by atoms with Crippen molar-refractivity contribution in [1.29, 1.82) is 0 Å². The average Bonchev–Trinajstić information content (AvgIpc) is 3.16. The lowest BCUT2D eigenvalue weighted by Crippen LogP contribution is -2.40. The molecule has 3 aromatic rings. The second-order valence-corrected chi connectivity index (χ2v) is 7.62. The molecule has 1 amide bonds. The molecule has 0 aliphatic carbocycles. The predicted octanol–water partition coefficient (Wildman–Crippen LogP) is 3.16. The van der Waals surface area contributed by atoms with Crippen LogP contribution in [0.15, 0.2) is 48.5 Å². The number of H-pyrrole nitrogens is 1. The molecule has 2 aromatic carbocycles. The van der Waals surface area contributed by atoms with Crippen LogP contribution in [0.25, 0.3) is 11.0 Å². The molecular formula is C22H27N5O. The van der Waals surface area contributed by atoms with Crippen LogP contribution in [0.2, 0.25) is 0 Å². The molecule has 146 valence electrons. The van der Waals surface area contributed by atoms with Crippen LogP contribution < -0.4 is 15.1 Å². The SMILES string of the molecule is CN(C)c1ccc(CNC(=O)C2CCN(c3nc4ccccc4[nH]3)CC2)cc1. The van der Waals surface area contributed by atoms with Gasteiger partial charge in [0.1, 0.15) is 0 Å². The average molecular weight is 377 g/mol. The topological polar surface area (TPSA) is 64.3 Å². The zero-order valence-corrected chi connectivity index (χ0v) is 16.5. The minimum atomic E-state index is 0.0710. The molecular weight excluding hydrogens is 350 g/mol. The van der Waals surface area contributed by atoms with Gasteiger partial charge in [-0.2, -0.15) is 0 Å². The minimum Gasteiger partial charge on any atom is -0.378 e. The monoisotopic (exact) mass is 377 g/mol. The van der Waals surface area contributed by atoms with Crippen LogP contribution in [0.3, 0.4) is 0 Å². The summed E-state index contributed by atoms with van der Waals surface area (Å²) in [5.41, 5.74) is 4.32. The molecule has 1 aromatic heterocycles. The molecule has 0 bridgehead atoms. The Morgan fingerprint density at radius 1 is 1.14 bits per heavy atom. The van der Waals surface area contributed by atoms with E-state index in [2.05, 4.69) is 49.4 Å². The van der Waals surface area contributed by atoms with E-state index in [0.29, 0.717) is 6.54 Å². The van der Waals surface area contributed by atoms with E-state index < -0.39 is 0 Å². The number of para-hydroxylation sites is 2. The summed E-state index contributed by atoms with van der Waals surface area (Å²) in [7, 11) is 4.04. The summed E-state index contributed by atoms with van der Waals surface area (Å²) in [5, 5.41) is 3.10. The lowest BCUT2D eigenvalue weighted by Gasteiger charge is -2.31. The molecule has 1 aliphatic rings. The van der Waals surface area contributed by atoms with Crippen LogP contribution in [0.1, 0.15) is 18.4 Å². The lowest BCUT2D eigenvalue weighted by atomic mass is 9.96. The Morgan fingerprint density at radius 2 is 1.86 bits per heavy atom. The molecule has 28 heavy (non-hydrogen) atoms. The van der Waals surface area contributed by atoms with Gasteiger partial charge >= 0.3 is 0 Å². The molecule has 0 saturated carbocycles. The zero-order valence-electron chi connectivity index (χ0n) is 16.5. The standard InChI is InChI=1S/C22H27N5O/c1-26(2)18-9-7-16(8-10-18)15-23-21(28)17-11-13-27(14-12-17)22-24-19-5-3-4-6-20(19)25-22/h3-10,17H,11-15H2,1-2H3,(H,23,28)(H,24,25). The number of carbonyl (C=O) groups is 1. The molecule has 6 heteroatoms. The van der Waals surface area contributed by atoms with Gasteiger partial charge in [0.2, 0.25) is 11.9 Å². The molecule has 2 N–H and O–H groups in total. The van der Waals surface area contributed by atoms with Crippen LogP contribution >= 0.6 is 0 Å². The van der Waals surface area contributed by atoms with Crippen molar-refractivity contribution in [2.75, 3.05) is 37.0 Å². The zero-order chi connectivity index (χ0) is 19.5. The van der Waals surface area contributed by atoms with E-state index in [-0.39, 0.29) is 11.8 Å². The van der Waals surface area contributed by atoms with Crippen LogP contribution in [-0.2, 0) is 11.3 Å². The summed E-state index contributed by atoms with van der Waals surface area (Å²) in [6.07, 6.45) is 1.70. The molecule has 0 spiro atoms. The Hall–Kier alpha value is -3.02. The maximum atomic E-state index is 12.6. The highest BCUT2D eigenvalue weighted by Crippen LogP contribution is 2.23. The van der Waals surface area contributed by atoms with E-state index >= 15 is 0 Å². The fourth-order valence-electron chi connectivity index (χ4n) is 3.69. The van der Waals surface area contributed by atoms with Gasteiger partial charge in [0.25, 0.3) is 0 Å². The maximum absolute atomic E-state index is 12.6. The first kappa shape index (κ1) is 18.3. The Kier molecular flexibility index (Phi) is 5.19. The highest BCUT2D eigenvalue weighted by Gasteiger charge is 2.26. The molecule has 6 nitrogen and oxygen atoms in total. The second-order valence-electron chi connectivity index (χ2n) is 7.62. The molecule has 1 saturated heterocycles. The summed E-state index contributed by atoms with van der Waals surface area (Å²) in [5.74, 6) is 1.13. The van der Waals surface area contributed by atoms with E-state index in [0.717, 1.165) is 54.2 Å². The van der Waals surface area contributed by atoms with Crippen LogP contribution in [-0.4, -0.2) is 43.1 Å². The van der Waals surface area contributed by atoms with Gasteiger partial charge < -0.3 is 20.1 Å². The Labute approximate surface area is 165 Å². The number of nitrogens with zero attached hydrogens (tertiary/aromatic N) is 3. The van der Waals surface area contributed by atoms with E-state index in [1.165, 1.54) is 0 Å². The largest absolute Gasteiger partial charge is 0.378 e. The number of benzene rings is 2. The lowest BCUT2D eigenvalue weighted by molar-refractivity contribution is -0.125. The third-order valence-corrected chi connectivity index (χ3v) is 5.46. The fourth-order valence-corrected chi connectivity index (χ4v) is 3.69. The third-order valence-electron chi connectivity index (χ3n) is 5.46. The number of aromatic nitrogens is 2. The van der Waals surface area contributed by atoms with Gasteiger partial charge in [0.15, 0.2) is 0 Å². The second kappa shape index (κ2) is 7.92. The first-order valence-electron chi connectivity index (χ1n) is 9.84. The molecule has 0 unspecified atom stereocenters. The highest BCUT2D eigenvalue weighted by atomic mass is 16.1. The predicted molar refractivity (Wildman–Crippen MR) is 114 cm³/mol. The normalized spacial score (nSPS) is 15.0. The van der Waals surface area contributed by atoms with Crippen molar-refractivity contribution in [3.63, 3.8) is 0 Å². The van der Waals surface area contributed by atoms with E-state index in [1.54, 1.807) is 0 Å². The van der Waals surface area contributed by atoms with Gasteiger partial charge in [-0.15, -0.1) is 0 Å². The van der Waals surface area contributed by atoms with Crippen LogP contribution in [0.4, 0.5) is 11.6 Å². The molecule has 4 rings (SSSR count). The van der Waals surface area contributed by atoms with Gasteiger partial charge in [-0.05, 0) is 42.7 Å². The van der Waals surface area contributed by atoms with Gasteiger partial charge in [-0.25, -0.2) is 4.98 Å². The summed E-state index contributed by atoms with van der Waals surface area (Å²) in [4.78, 5) is 24.9. The molecule has 0 atom stereocenters. The molecule has 2 heterocycles. The number of anilines is 2. The number of imidazole rings is 1. The number of hydrogen-bond donors (Lipinski definition) is 2. The van der Waals surface area contributed by atoms with Crippen molar-refractivity contribution in [3.05, 3.63) is 54.1 Å².